The molecule has 4 rings (SSSR count). The summed E-state index contributed by atoms with van der Waals surface area (Å²) < 4.78 is 12.8. The highest BCUT2D eigenvalue weighted by Crippen LogP contribution is 2.39. The van der Waals surface area contributed by atoms with Crippen molar-refractivity contribution in [2.45, 2.75) is 25.3 Å². The summed E-state index contributed by atoms with van der Waals surface area (Å²) in [4.78, 5) is 26.8. The van der Waals surface area contributed by atoms with Crippen molar-refractivity contribution in [3.05, 3.63) is 64.1 Å². The van der Waals surface area contributed by atoms with Gasteiger partial charge >= 0.3 is 0 Å². The predicted molar refractivity (Wildman–Crippen MR) is 93.0 cm³/mol. The normalized spacial score (nSPS) is 20.6. The number of amides is 1. The zero-order chi connectivity index (χ0) is 18.3. The van der Waals surface area contributed by atoms with Crippen molar-refractivity contribution in [1.82, 2.24) is 9.47 Å². The molecule has 1 fully saturated rings. The van der Waals surface area contributed by atoms with E-state index in [-0.39, 0.29) is 36.7 Å². The van der Waals surface area contributed by atoms with Gasteiger partial charge in [0, 0.05) is 18.8 Å². The molecule has 0 saturated carbocycles. The molecular formula is C19H20N2O5. The van der Waals surface area contributed by atoms with Gasteiger partial charge in [0.2, 0.25) is 5.43 Å². The molecule has 2 aliphatic rings. The molecule has 1 saturated heterocycles. The van der Waals surface area contributed by atoms with Gasteiger partial charge in [-0.05, 0) is 12.5 Å². The highest BCUT2D eigenvalue weighted by atomic mass is 16.5. The molecule has 1 spiro atoms. The van der Waals surface area contributed by atoms with Gasteiger partial charge in [0.25, 0.3) is 5.91 Å². The van der Waals surface area contributed by atoms with E-state index in [1.807, 2.05) is 30.3 Å². The number of likely N-dealkylation sites (N-methyl/N-ethyl adjacent to an activating group) is 1. The van der Waals surface area contributed by atoms with Crippen LogP contribution in [0.2, 0.25) is 0 Å². The molecular weight excluding hydrogens is 336 g/mol. The first kappa shape index (κ1) is 16.8. The topological polar surface area (TPSA) is 81.0 Å². The first-order chi connectivity index (χ1) is 12.6. The van der Waals surface area contributed by atoms with E-state index in [2.05, 4.69) is 0 Å². The molecule has 1 aromatic heterocycles. The average molecular weight is 356 g/mol. The fourth-order valence-corrected chi connectivity index (χ4v) is 3.54. The predicted octanol–water partition coefficient (Wildman–Crippen LogP) is 0.947. The van der Waals surface area contributed by atoms with E-state index < -0.39 is 17.7 Å². The Morgan fingerprint density at radius 1 is 1.23 bits per heavy atom. The number of pyridine rings is 1. The summed E-state index contributed by atoms with van der Waals surface area (Å²) in [6, 6.07) is 10.8. The van der Waals surface area contributed by atoms with Crippen LogP contribution in [0.1, 0.15) is 23.0 Å². The number of ether oxygens (including phenoxy) is 2. The lowest BCUT2D eigenvalue weighted by Crippen LogP contribution is -2.69. The fourth-order valence-electron chi connectivity index (χ4n) is 3.54. The number of hydrogen-bond acceptors (Lipinski definition) is 5. The third-order valence-electron chi connectivity index (χ3n) is 5.04. The van der Waals surface area contributed by atoms with E-state index >= 15 is 0 Å². The SMILES string of the molecule is CCN1C(=O)c2c(OCc3ccccc3)c(=O)ccn2C2(COC2)C1O. The second-order valence-electron chi connectivity index (χ2n) is 6.56. The first-order valence-corrected chi connectivity index (χ1v) is 8.58. The Hall–Kier alpha value is -2.64. The molecule has 1 unspecified atom stereocenters. The second-order valence-corrected chi connectivity index (χ2v) is 6.56. The summed E-state index contributed by atoms with van der Waals surface area (Å²) >= 11 is 0. The monoisotopic (exact) mass is 356 g/mol. The minimum Gasteiger partial charge on any atom is -0.483 e. The van der Waals surface area contributed by atoms with E-state index in [4.69, 9.17) is 9.47 Å². The Balaban J connectivity index is 1.79. The number of fused-ring (bicyclic) bond motifs is 2. The first-order valence-electron chi connectivity index (χ1n) is 8.58. The Bertz CT molecular complexity index is 889. The molecule has 0 bridgehead atoms. The number of carbonyl (C=O) groups excluding carboxylic acids is 1. The molecule has 26 heavy (non-hydrogen) atoms. The quantitative estimate of drug-likeness (QED) is 0.882. The number of rotatable bonds is 4. The number of carbonyl (C=O) groups is 1. The van der Waals surface area contributed by atoms with Crippen molar-refractivity contribution in [2.75, 3.05) is 19.8 Å². The molecule has 3 heterocycles. The summed E-state index contributed by atoms with van der Waals surface area (Å²) in [7, 11) is 0. The van der Waals surface area contributed by atoms with Crippen LogP contribution in [-0.2, 0) is 16.9 Å². The van der Waals surface area contributed by atoms with Crippen molar-refractivity contribution < 1.29 is 19.4 Å². The third-order valence-corrected chi connectivity index (χ3v) is 5.04. The van der Waals surface area contributed by atoms with Gasteiger partial charge < -0.3 is 24.0 Å². The molecule has 7 nitrogen and oxygen atoms in total. The Morgan fingerprint density at radius 2 is 1.96 bits per heavy atom. The van der Waals surface area contributed by atoms with Gasteiger partial charge in [-0.25, -0.2) is 0 Å². The van der Waals surface area contributed by atoms with Crippen LogP contribution in [0.4, 0.5) is 0 Å². The number of aromatic nitrogens is 1. The summed E-state index contributed by atoms with van der Waals surface area (Å²) in [5, 5.41) is 10.7. The van der Waals surface area contributed by atoms with Crippen LogP contribution in [0, 0.1) is 0 Å². The maximum Gasteiger partial charge on any atom is 0.276 e. The van der Waals surface area contributed by atoms with Gasteiger partial charge in [-0.3, -0.25) is 9.59 Å². The zero-order valence-electron chi connectivity index (χ0n) is 14.4. The molecule has 0 radical (unpaired) electrons. The van der Waals surface area contributed by atoms with E-state index in [1.165, 1.54) is 11.0 Å². The summed E-state index contributed by atoms with van der Waals surface area (Å²) in [6.45, 7) is 2.83. The molecule has 7 heteroatoms. The Labute approximate surface area is 150 Å². The summed E-state index contributed by atoms with van der Waals surface area (Å²) in [5.74, 6) is -0.406. The number of nitrogens with zero attached hydrogens (tertiary/aromatic N) is 2. The summed E-state index contributed by atoms with van der Waals surface area (Å²) in [6.07, 6.45) is 0.537. The number of hydrogen-bond donors (Lipinski definition) is 1. The largest absolute Gasteiger partial charge is 0.483 e. The van der Waals surface area contributed by atoms with Crippen LogP contribution in [0.3, 0.4) is 0 Å². The molecule has 2 aliphatic heterocycles. The minimum atomic E-state index is -1.01. The molecule has 136 valence electrons. The van der Waals surface area contributed by atoms with E-state index in [0.29, 0.717) is 6.54 Å². The van der Waals surface area contributed by atoms with Gasteiger partial charge in [-0.1, -0.05) is 30.3 Å². The van der Waals surface area contributed by atoms with Crippen LogP contribution < -0.4 is 10.2 Å². The molecule has 1 amide bonds. The number of aliphatic hydroxyl groups excluding tert-OH is 1. The van der Waals surface area contributed by atoms with Crippen molar-refractivity contribution in [1.29, 1.82) is 0 Å². The highest BCUT2D eigenvalue weighted by Gasteiger charge is 2.55. The lowest BCUT2D eigenvalue weighted by atomic mass is 9.89. The van der Waals surface area contributed by atoms with Gasteiger partial charge in [0.05, 0.1) is 13.2 Å². The van der Waals surface area contributed by atoms with Gasteiger partial charge in [-0.15, -0.1) is 0 Å². The van der Waals surface area contributed by atoms with Crippen molar-refractivity contribution in [3.63, 3.8) is 0 Å². The molecule has 1 aromatic carbocycles. The average Bonchev–Trinajstić information content (AvgIpc) is 2.61. The van der Waals surface area contributed by atoms with Crippen LogP contribution in [0.5, 0.6) is 5.75 Å². The van der Waals surface area contributed by atoms with E-state index in [1.54, 1.807) is 17.7 Å². The third kappa shape index (κ3) is 2.35. The van der Waals surface area contributed by atoms with Crippen molar-refractivity contribution >= 4 is 5.91 Å². The minimum absolute atomic E-state index is 0.0120. The van der Waals surface area contributed by atoms with Crippen molar-refractivity contribution in [2.24, 2.45) is 0 Å². The number of benzene rings is 1. The summed E-state index contributed by atoms with van der Waals surface area (Å²) in [5.41, 5.74) is -0.0725. The highest BCUT2D eigenvalue weighted by molar-refractivity contribution is 5.96. The van der Waals surface area contributed by atoms with Crippen molar-refractivity contribution in [3.8, 4) is 5.75 Å². The maximum absolute atomic E-state index is 13.0. The Kier molecular flexibility index (Phi) is 4.05. The van der Waals surface area contributed by atoms with Crippen LogP contribution in [-0.4, -0.2) is 46.5 Å². The molecule has 1 atom stereocenters. The van der Waals surface area contributed by atoms with Gasteiger partial charge in [-0.2, -0.15) is 0 Å². The fraction of sp³-hybridized carbons (Fsp3) is 0.368. The lowest BCUT2D eigenvalue weighted by molar-refractivity contribution is -0.200. The molecule has 0 aliphatic carbocycles. The van der Waals surface area contributed by atoms with E-state index in [0.717, 1.165) is 5.56 Å². The van der Waals surface area contributed by atoms with Crippen LogP contribution in [0.25, 0.3) is 0 Å². The maximum atomic E-state index is 13.0. The van der Waals surface area contributed by atoms with Gasteiger partial charge in [0.1, 0.15) is 12.1 Å². The number of aliphatic hydroxyl groups is 1. The van der Waals surface area contributed by atoms with Gasteiger partial charge in [0.15, 0.2) is 17.7 Å². The smallest absolute Gasteiger partial charge is 0.276 e. The zero-order valence-corrected chi connectivity index (χ0v) is 14.4. The second kappa shape index (κ2) is 6.26. The van der Waals surface area contributed by atoms with E-state index in [9.17, 15) is 14.7 Å². The van der Waals surface area contributed by atoms with Crippen LogP contribution >= 0.6 is 0 Å². The Morgan fingerprint density at radius 3 is 2.58 bits per heavy atom. The molecule has 2 aromatic rings. The lowest BCUT2D eigenvalue weighted by Gasteiger charge is -2.53. The van der Waals surface area contributed by atoms with Crippen LogP contribution in [0.15, 0.2) is 47.4 Å². The standard InChI is InChI=1S/C19H20N2O5/c1-2-20-17(23)15-16(26-10-13-6-4-3-5-7-13)14(22)8-9-21(15)19(18(20)24)11-25-12-19/h3-9,18,24H,2,10-12H2,1H3. The molecule has 1 N–H and O–H groups in total.